The number of carbonyl (C=O) groups excluding carboxylic acids is 4. The van der Waals surface area contributed by atoms with Gasteiger partial charge in [-0.05, 0) is 38.5 Å². The van der Waals surface area contributed by atoms with Gasteiger partial charge in [0.05, 0.1) is 20.2 Å². The summed E-state index contributed by atoms with van der Waals surface area (Å²) < 4.78 is 14.5. The molecular weight excluding hydrogens is 544 g/mol. The molecule has 13 nitrogen and oxygen atoms in total. The summed E-state index contributed by atoms with van der Waals surface area (Å²) in [6, 6.07) is 0. The minimum absolute atomic E-state index is 0.0364. The van der Waals surface area contributed by atoms with Gasteiger partial charge in [0.25, 0.3) is 0 Å². The molecule has 13 heteroatoms. The molecule has 0 aromatic rings. The largest absolute Gasteiger partial charge is 0.497 e. The van der Waals surface area contributed by atoms with Crippen LogP contribution in [0.25, 0.3) is 0 Å². The van der Waals surface area contributed by atoms with E-state index in [4.69, 9.17) is 9.47 Å². The second-order valence-corrected chi connectivity index (χ2v) is 9.20. The minimum atomic E-state index is -0.404. The summed E-state index contributed by atoms with van der Waals surface area (Å²) in [5.74, 6) is 0.465. The Morgan fingerprint density at radius 1 is 1.17 bits per heavy atom. The Morgan fingerprint density at radius 2 is 1.88 bits per heavy atom. The number of nitrogens with one attached hydrogen (secondary N) is 2. The lowest BCUT2D eigenvalue weighted by molar-refractivity contribution is -0.188. The van der Waals surface area contributed by atoms with Crippen LogP contribution in [0.3, 0.4) is 0 Å². The zero-order chi connectivity index (χ0) is 31.9. The summed E-state index contributed by atoms with van der Waals surface area (Å²) in [5.41, 5.74) is 1.22. The third-order valence-corrected chi connectivity index (χ3v) is 6.02. The smallest absolute Gasteiger partial charge is 0.407 e. The van der Waals surface area contributed by atoms with Crippen molar-refractivity contribution in [3.8, 4) is 0 Å². The summed E-state index contributed by atoms with van der Waals surface area (Å²) >= 11 is 0. The SMILES string of the molecule is C=C(/C=C\C(=C/C)CNC)OC.C=CCOC(=O)NCCC.COCCCN1CC2N(CC1=O)C(=O)CN(C)N2C=O. The van der Waals surface area contributed by atoms with Gasteiger partial charge in [0.15, 0.2) is 0 Å². The Labute approximate surface area is 250 Å². The number of ether oxygens (including phenoxy) is 3. The lowest BCUT2D eigenvalue weighted by Crippen LogP contribution is -2.71. The van der Waals surface area contributed by atoms with Crippen LogP contribution in [-0.2, 0) is 28.6 Å². The molecule has 42 heavy (non-hydrogen) atoms. The van der Waals surface area contributed by atoms with E-state index < -0.39 is 6.17 Å². The molecule has 0 aromatic carbocycles. The number of nitrogens with zero attached hydrogens (tertiary/aromatic N) is 4. The molecule has 2 heterocycles. The van der Waals surface area contributed by atoms with E-state index in [1.165, 1.54) is 21.6 Å². The maximum absolute atomic E-state index is 12.0. The first-order valence-corrected chi connectivity index (χ1v) is 13.9. The van der Waals surface area contributed by atoms with E-state index in [0.717, 1.165) is 19.4 Å². The predicted octanol–water partition coefficient (Wildman–Crippen LogP) is 1.52. The number of amides is 4. The van der Waals surface area contributed by atoms with Gasteiger partial charge in [-0.3, -0.25) is 19.4 Å². The van der Waals surface area contributed by atoms with E-state index >= 15 is 0 Å². The summed E-state index contributed by atoms with van der Waals surface area (Å²) in [5, 5.41) is 8.68. The van der Waals surface area contributed by atoms with Gasteiger partial charge >= 0.3 is 6.09 Å². The van der Waals surface area contributed by atoms with Crippen molar-refractivity contribution in [2.45, 2.75) is 32.9 Å². The molecule has 4 amide bonds. The Hall–Kier alpha value is -3.68. The number of carbonyl (C=O) groups is 4. The van der Waals surface area contributed by atoms with Crippen molar-refractivity contribution in [1.82, 2.24) is 30.5 Å². The van der Waals surface area contributed by atoms with E-state index in [2.05, 4.69) is 34.6 Å². The molecule has 0 saturated carbocycles. The van der Waals surface area contributed by atoms with Crippen LogP contribution in [-0.4, -0.2) is 131 Å². The number of rotatable bonds is 14. The number of fused-ring (bicyclic) bond motifs is 1. The lowest BCUT2D eigenvalue weighted by Gasteiger charge is -2.50. The number of hydrogen-bond acceptors (Lipinski definition) is 9. The van der Waals surface area contributed by atoms with Crippen LogP contribution < -0.4 is 10.6 Å². The average molecular weight is 595 g/mol. The number of methoxy groups -OCH3 is 2. The molecule has 0 bridgehead atoms. The zero-order valence-electron chi connectivity index (χ0n) is 26.1. The Bertz CT molecular complexity index is 924. The van der Waals surface area contributed by atoms with Crippen molar-refractivity contribution >= 4 is 24.3 Å². The zero-order valence-corrected chi connectivity index (χ0v) is 26.1. The van der Waals surface area contributed by atoms with Gasteiger partial charge in [-0.2, -0.15) is 0 Å². The Morgan fingerprint density at radius 3 is 2.43 bits per heavy atom. The number of piperazine rings is 1. The predicted molar refractivity (Wildman–Crippen MR) is 162 cm³/mol. The maximum atomic E-state index is 12.0. The average Bonchev–Trinajstić information content (AvgIpc) is 2.98. The molecule has 2 rings (SSSR count). The second kappa shape index (κ2) is 22.9. The first-order chi connectivity index (χ1) is 20.1. The highest BCUT2D eigenvalue weighted by Gasteiger charge is 2.42. The van der Waals surface area contributed by atoms with Crippen LogP contribution in [0.4, 0.5) is 4.79 Å². The fourth-order valence-electron chi connectivity index (χ4n) is 3.73. The normalized spacial score (nSPS) is 17.0. The van der Waals surface area contributed by atoms with Crippen molar-refractivity contribution in [3.63, 3.8) is 0 Å². The fourth-order valence-corrected chi connectivity index (χ4v) is 3.73. The van der Waals surface area contributed by atoms with Gasteiger partial charge in [0, 0.05) is 40.4 Å². The highest BCUT2D eigenvalue weighted by atomic mass is 16.5. The number of likely N-dealkylation sites (N-methyl/N-ethyl adjacent to an activating group) is 2. The number of hydrazine groups is 1. The van der Waals surface area contributed by atoms with E-state index in [0.29, 0.717) is 38.4 Å². The van der Waals surface area contributed by atoms with Crippen molar-refractivity contribution in [3.05, 3.63) is 48.8 Å². The van der Waals surface area contributed by atoms with Crippen LogP contribution >= 0.6 is 0 Å². The van der Waals surface area contributed by atoms with Crippen molar-refractivity contribution in [1.29, 1.82) is 0 Å². The molecule has 2 aliphatic rings. The molecule has 2 aliphatic heterocycles. The summed E-state index contributed by atoms with van der Waals surface area (Å²) in [6.07, 6.45) is 9.01. The third kappa shape index (κ3) is 14.8. The van der Waals surface area contributed by atoms with Gasteiger partial charge in [0.1, 0.15) is 25.1 Å². The molecule has 2 N–H and O–H groups in total. The van der Waals surface area contributed by atoms with E-state index in [1.54, 1.807) is 31.2 Å². The molecule has 1 unspecified atom stereocenters. The van der Waals surface area contributed by atoms with Gasteiger partial charge in [-0.15, -0.1) is 0 Å². The quantitative estimate of drug-likeness (QED) is 0.101. The summed E-state index contributed by atoms with van der Waals surface area (Å²) in [4.78, 5) is 48.9. The monoisotopic (exact) mass is 594 g/mol. The molecule has 238 valence electrons. The maximum Gasteiger partial charge on any atom is 0.407 e. The van der Waals surface area contributed by atoms with Crippen molar-refractivity contribution in [2.75, 3.05) is 80.8 Å². The van der Waals surface area contributed by atoms with Gasteiger partial charge < -0.3 is 34.6 Å². The highest BCUT2D eigenvalue weighted by molar-refractivity contribution is 5.88. The topological polar surface area (TPSA) is 133 Å². The molecule has 1 atom stereocenters. The van der Waals surface area contributed by atoms with E-state index in [1.807, 2.05) is 33.0 Å². The molecular formula is C29H50N6O7. The molecule has 2 saturated heterocycles. The molecule has 0 radical (unpaired) electrons. The number of alkyl carbamates (subject to hydrolysis) is 1. The van der Waals surface area contributed by atoms with E-state index in [-0.39, 0.29) is 37.6 Å². The van der Waals surface area contributed by atoms with Gasteiger partial charge in [0.2, 0.25) is 18.2 Å². The number of hydrogen-bond donors (Lipinski definition) is 2. The fraction of sp³-hybridized carbons (Fsp3) is 0.586. The third-order valence-electron chi connectivity index (χ3n) is 6.02. The van der Waals surface area contributed by atoms with Gasteiger partial charge in [-0.1, -0.05) is 38.3 Å². The van der Waals surface area contributed by atoms with Gasteiger partial charge in [-0.25, -0.2) is 9.80 Å². The molecule has 0 aromatic heterocycles. The standard InChI is InChI=1S/C12H20N4O4.C10H17NO.C7H13NO2/c1-13-7-12(19)15-8-11(18)14(4-3-5-20-2)6-10(15)16(13)9-17;1-5-10(8-11-3)7-6-9(2)12-4;1-3-5-8-7(9)10-6-4-2/h9-10H,3-8H2,1-2H3;5-7,11H,2,8H2,1,3-4H3;4H,2-3,5-6H2,1H3,(H,8,9)/b;7-6-,10-5+;. The van der Waals surface area contributed by atoms with Crippen LogP contribution in [0.5, 0.6) is 0 Å². The molecule has 0 aliphatic carbocycles. The molecule has 2 fully saturated rings. The highest BCUT2D eigenvalue weighted by Crippen LogP contribution is 2.20. The minimum Gasteiger partial charge on any atom is -0.497 e. The van der Waals surface area contributed by atoms with E-state index in [9.17, 15) is 19.2 Å². The van der Waals surface area contributed by atoms with Crippen LogP contribution in [0.15, 0.2) is 48.8 Å². The van der Waals surface area contributed by atoms with Crippen LogP contribution in [0, 0.1) is 0 Å². The van der Waals surface area contributed by atoms with Crippen LogP contribution in [0.1, 0.15) is 26.7 Å². The van der Waals surface area contributed by atoms with Crippen LogP contribution in [0.2, 0.25) is 0 Å². The number of allylic oxidation sites excluding steroid dienone is 2. The molecule has 0 spiro atoms. The van der Waals surface area contributed by atoms with Crippen molar-refractivity contribution in [2.24, 2.45) is 0 Å². The van der Waals surface area contributed by atoms with Crippen molar-refractivity contribution < 1.29 is 33.4 Å². The summed E-state index contributed by atoms with van der Waals surface area (Å²) in [7, 11) is 6.83. The first kappa shape index (κ1) is 38.3. The first-order valence-electron chi connectivity index (χ1n) is 13.9. The second-order valence-electron chi connectivity index (χ2n) is 9.20. The Kier molecular flexibility index (Phi) is 20.9. The Balaban J connectivity index is 0.000000657. The summed E-state index contributed by atoms with van der Waals surface area (Å²) in [6.45, 7) is 14.5. The lowest BCUT2D eigenvalue weighted by atomic mass is 10.2.